The van der Waals surface area contributed by atoms with E-state index in [2.05, 4.69) is 27.3 Å². The third-order valence-corrected chi connectivity index (χ3v) is 3.83. The molecule has 0 spiro atoms. The van der Waals surface area contributed by atoms with E-state index in [0.717, 1.165) is 44.3 Å². The minimum Gasteiger partial charge on any atom is -0.486 e. The molecule has 2 aromatic rings. The maximum Gasteiger partial charge on any atom is 0.146 e. The van der Waals surface area contributed by atoms with Crippen molar-refractivity contribution in [3.63, 3.8) is 0 Å². The lowest BCUT2D eigenvalue weighted by molar-refractivity contribution is 0.233. The number of hydrogen-bond acceptors (Lipinski definition) is 4. The zero-order valence-corrected chi connectivity index (χ0v) is 12.5. The smallest absolute Gasteiger partial charge is 0.146 e. The third kappa shape index (κ3) is 3.83. The SMILES string of the molecule is Cn1ccnc1COc1ccc(CN2CCNCC2)cc1. The third-order valence-electron chi connectivity index (χ3n) is 3.83. The Hall–Kier alpha value is -1.85. The molecular formula is C16H22N4O. The Morgan fingerprint density at radius 3 is 2.62 bits per heavy atom. The lowest BCUT2D eigenvalue weighted by atomic mass is 10.2. The van der Waals surface area contributed by atoms with Gasteiger partial charge >= 0.3 is 0 Å². The Labute approximate surface area is 125 Å². The fraction of sp³-hybridized carbons (Fsp3) is 0.438. The van der Waals surface area contributed by atoms with Crippen molar-refractivity contribution in [2.24, 2.45) is 7.05 Å². The first-order valence-electron chi connectivity index (χ1n) is 7.42. The predicted molar refractivity (Wildman–Crippen MR) is 82.1 cm³/mol. The molecule has 0 atom stereocenters. The van der Waals surface area contributed by atoms with Gasteiger partial charge in [0.05, 0.1) is 0 Å². The highest BCUT2D eigenvalue weighted by Crippen LogP contribution is 2.15. The summed E-state index contributed by atoms with van der Waals surface area (Å²) >= 11 is 0. The van der Waals surface area contributed by atoms with E-state index in [0.29, 0.717) is 6.61 Å². The van der Waals surface area contributed by atoms with Crippen LogP contribution in [-0.2, 0) is 20.2 Å². The molecule has 5 heteroatoms. The Bertz CT molecular complexity index is 558. The van der Waals surface area contributed by atoms with Crippen molar-refractivity contribution in [3.8, 4) is 5.75 Å². The summed E-state index contributed by atoms with van der Waals surface area (Å²) in [5.74, 6) is 1.82. The summed E-state index contributed by atoms with van der Waals surface area (Å²) < 4.78 is 7.74. The van der Waals surface area contributed by atoms with Crippen molar-refractivity contribution >= 4 is 0 Å². The summed E-state index contributed by atoms with van der Waals surface area (Å²) in [7, 11) is 1.97. The summed E-state index contributed by atoms with van der Waals surface area (Å²) in [6.45, 7) is 5.94. The van der Waals surface area contributed by atoms with Crippen LogP contribution in [-0.4, -0.2) is 40.6 Å². The first-order chi connectivity index (χ1) is 10.3. The van der Waals surface area contributed by atoms with Crippen LogP contribution in [0.4, 0.5) is 0 Å². The zero-order valence-electron chi connectivity index (χ0n) is 12.5. The standard InChI is InChI=1S/C16H22N4O/c1-19-9-8-18-16(19)13-21-15-4-2-14(3-5-15)12-20-10-6-17-7-11-20/h2-5,8-9,17H,6-7,10-13H2,1H3. The first-order valence-corrected chi connectivity index (χ1v) is 7.42. The lowest BCUT2D eigenvalue weighted by Gasteiger charge is -2.27. The predicted octanol–water partition coefficient (Wildman–Crippen LogP) is 1.40. The highest BCUT2D eigenvalue weighted by molar-refractivity contribution is 5.27. The first kappa shape index (κ1) is 14.1. The number of nitrogens with one attached hydrogen (secondary N) is 1. The number of hydrogen-bond donors (Lipinski definition) is 1. The second kappa shape index (κ2) is 6.74. The van der Waals surface area contributed by atoms with Crippen LogP contribution in [0.25, 0.3) is 0 Å². The summed E-state index contributed by atoms with van der Waals surface area (Å²) in [6.07, 6.45) is 3.71. The minimum absolute atomic E-state index is 0.501. The molecule has 0 aliphatic carbocycles. The highest BCUT2D eigenvalue weighted by Gasteiger charge is 2.09. The molecule has 1 aromatic carbocycles. The van der Waals surface area contributed by atoms with Crippen molar-refractivity contribution in [1.29, 1.82) is 0 Å². The second-order valence-electron chi connectivity index (χ2n) is 5.41. The number of ether oxygens (including phenoxy) is 1. The number of imidazole rings is 1. The maximum absolute atomic E-state index is 5.77. The quantitative estimate of drug-likeness (QED) is 0.902. The molecule has 1 saturated heterocycles. The Kier molecular flexibility index (Phi) is 4.52. The second-order valence-corrected chi connectivity index (χ2v) is 5.41. The van der Waals surface area contributed by atoms with Crippen LogP contribution in [0.1, 0.15) is 11.4 Å². The Morgan fingerprint density at radius 1 is 1.19 bits per heavy atom. The fourth-order valence-corrected chi connectivity index (χ4v) is 2.50. The van der Waals surface area contributed by atoms with E-state index in [1.807, 2.05) is 29.9 Å². The molecule has 0 bridgehead atoms. The van der Waals surface area contributed by atoms with Crippen LogP contribution in [0.15, 0.2) is 36.7 Å². The zero-order chi connectivity index (χ0) is 14.5. The molecule has 0 saturated carbocycles. The molecule has 1 aromatic heterocycles. The molecule has 2 heterocycles. The van der Waals surface area contributed by atoms with Crippen molar-refractivity contribution < 1.29 is 4.74 Å². The van der Waals surface area contributed by atoms with Gasteiger partial charge in [-0.2, -0.15) is 0 Å². The normalized spacial score (nSPS) is 16.0. The molecule has 1 fully saturated rings. The van der Waals surface area contributed by atoms with Gasteiger partial charge in [0.25, 0.3) is 0 Å². The van der Waals surface area contributed by atoms with Crippen molar-refractivity contribution in [2.45, 2.75) is 13.2 Å². The van der Waals surface area contributed by atoms with E-state index >= 15 is 0 Å². The van der Waals surface area contributed by atoms with Gasteiger partial charge in [-0.05, 0) is 17.7 Å². The molecule has 5 nitrogen and oxygen atoms in total. The molecule has 0 radical (unpaired) electrons. The van der Waals surface area contributed by atoms with Crippen molar-refractivity contribution in [3.05, 3.63) is 48.0 Å². The fourth-order valence-electron chi connectivity index (χ4n) is 2.50. The highest BCUT2D eigenvalue weighted by atomic mass is 16.5. The van der Waals surface area contributed by atoms with E-state index in [-0.39, 0.29) is 0 Å². The molecule has 21 heavy (non-hydrogen) atoms. The van der Waals surface area contributed by atoms with Gasteiger partial charge in [-0.25, -0.2) is 4.98 Å². The van der Waals surface area contributed by atoms with Gasteiger partial charge in [0, 0.05) is 52.2 Å². The molecule has 1 N–H and O–H groups in total. The molecule has 3 rings (SSSR count). The molecule has 0 amide bonds. The molecule has 0 unspecified atom stereocenters. The summed E-state index contributed by atoms with van der Waals surface area (Å²) in [6, 6.07) is 8.38. The van der Waals surface area contributed by atoms with Crippen LogP contribution in [0, 0.1) is 0 Å². The van der Waals surface area contributed by atoms with Gasteiger partial charge in [-0.1, -0.05) is 12.1 Å². The Balaban J connectivity index is 1.52. The summed E-state index contributed by atoms with van der Waals surface area (Å²) in [5.41, 5.74) is 1.33. The molecule has 112 valence electrons. The lowest BCUT2D eigenvalue weighted by Crippen LogP contribution is -2.42. The van der Waals surface area contributed by atoms with E-state index in [4.69, 9.17) is 4.74 Å². The topological polar surface area (TPSA) is 42.3 Å². The monoisotopic (exact) mass is 286 g/mol. The van der Waals surface area contributed by atoms with Gasteiger partial charge in [0.1, 0.15) is 18.2 Å². The van der Waals surface area contributed by atoms with Gasteiger partial charge < -0.3 is 14.6 Å². The van der Waals surface area contributed by atoms with E-state index < -0.39 is 0 Å². The number of benzene rings is 1. The number of aromatic nitrogens is 2. The Morgan fingerprint density at radius 2 is 1.95 bits per heavy atom. The summed E-state index contributed by atoms with van der Waals surface area (Å²) in [4.78, 5) is 6.72. The minimum atomic E-state index is 0.501. The van der Waals surface area contributed by atoms with Crippen LogP contribution in [0.5, 0.6) is 5.75 Å². The van der Waals surface area contributed by atoms with E-state index in [1.54, 1.807) is 6.20 Å². The largest absolute Gasteiger partial charge is 0.486 e. The van der Waals surface area contributed by atoms with Gasteiger partial charge in [-0.3, -0.25) is 4.90 Å². The average Bonchev–Trinajstić information content (AvgIpc) is 2.93. The van der Waals surface area contributed by atoms with Crippen molar-refractivity contribution in [1.82, 2.24) is 19.8 Å². The maximum atomic E-state index is 5.77. The number of aryl methyl sites for hydroxylation is 1. The average molecular weight is 286 g/mol. The molecule has 1 aliphatic rings. The van der Waals surface area contributed by atoms with Gasteiger partial charge in [0.15, 0.2) is 0 Å². The molecular weight excluding hydrogens is 264 g/mol. The van der Waals surface area contributed by atoms with Crippen LogP contribution in [0.2, 0.25) is 0 Å². The van der Waals surface area contributed by atoms with Crippen LogP contribution < -0.4 is 10.1 Å². The summed E-state index contributed by atoms with van der Waals surface area (Å²) in [5, 5.41) is 3.37. The molecule has 1 aliphatic heterocycles. The van der Waals surface area contributed by atoms with Gasteiger partial charge in [-0.15, -0.1) is 0 Å². The van der Waals surface area contributed by atoms with Crippen LogP contribution >= 0.6 is 0 Å². The van der Waals surface area contributed by atoms with E-state index in [1.165, 1.54) is 5.56 Å². The van der Waals surface area contributed by atoms with Crippen LogP contribution in [0.3, 0.4) is 0 Å². The van der Waals surface area contributed by atoms with E-state index in [9.17, 15) is 0 Å². The number of piperazine rings is 1. The van der Waals surface area contributed by atoms with Crippen molar-refractivity contribution in [2.75, 3.05) is 26.2 Å². The number of rotatable bonds is 5. The van der Waals surface area contributed by atoms with Gasteiger partial charge in [0.2, 0.25) is 0 Å². The number of nitrogens with zero attached hydrogens (tertiary/aromatic N) is 3.